The molecule has 1 atom stereocenters. The lowest BCUT2D eigenvalue weighted by atomic mass is 10.2. The highest BCUT2D eigenvalue weighted by Gasteiger charge is 2.10. The number of hydrogen-bond donors (Lipinski definition) is 2. The predicted octanol–water partition coefficient (Wildman–Crippen LogP) is 5.12. The summed E-state index contributed by atoms with van der Waals surface area (Å²) in [7, 11) is 0. The Kier molecular flexibility index (Phi) is 6.30. The van der Waals surface area contributed by atoms with E-state index in [1.165, 1.54) is 0 Å². The molecule has 0 fully saturated rings. The van der Waals surface area contributed by atoms with Crippen molar-refractivity contribution in [2.45, 2.75) is 32.7 Å². The fraction of sp³-hybridized carbons (Fsp3) is 0.400. The molecule has 0 bridgehead atoms. The van der Waals surface area contributed by atoms with Crippen LogP contribution in [0.4, 0.5) is 10.8 Å². The minimum atomic E-state index is 0.420. The average molecular weight is 344 g/mol. The summed E-state index contributed by atoms with van der Waals surface area (Å²) in [6, 6.07) is 5.86. The van der Waals surface area contributed by atoms with Gasteiger partial charge in [-0.2, -0.15) is 0 Å². The molecule has 0 saturated heterocycles. The number of rotatable bonds is 7. The molecule has 1 aromatic carbocycles. The predicted molar refractivity (Wildman–Crippen MR) is 93.3 cm³/mol. The van der Waals surface area contributed by atoms with Gasteiger partial charge < -0.3 is 10.6 Å². The van der Waals surface area contributed by atoms with E-state index in [1.54, 1.807) is 23.5 Å². The molecule has 0 spiro atoms. The van der Waals surface area contributed by atoms with Crippen LogP contribution in [0.1, 0.15) is 26.0 Å². The highest BCUT2D eigenvalue weighted by Crippen LogP contribution is 2.33. The largest absolute Gasteiger partial charge is 0.329 e. The molecule has 2 aromatic rings. The highest BCUT2D eigenvalue weighted by molar-refractivity contribution is 7.13. The van der Waals surface area contributed by atoms with Crippen LogP contribution in [0.2, 0.25) is 10.0 Å². The Morgan fingerprint density at radius 3 is 2.67 bits per heavy atom. The van der Waals surface area contributed by atoms with E-state index in [2.05, 4.69) is 34.8 Å². The number of aromatic nitrogens is 1. The molecule has 1 heterocycles. The van der Waals surface area contributed by atoms with Crippen molar-refractivity contribution < 1.29 is 0 Å². The van der Waals surface area contributed by atoms with Crippen LogP contribution in [0.3, 0.4) is 0 Å². The number of benzene rings is 1. The molecule has 1 aromatic heterocycles. The topological polar surface area (TPSA) is 37.0 Å². The first kappa shape index (κ1) is 16.6. The zero-order chi connectivity index (χ0) is 15.2. The maximum absolute atomic E-state index is 6.15. The molecule has 0 aliphatic heterocycles. The molecule has 0 aliphatic carbocycles. The van der Waals surface area contributed by atoms with Crippen molar-refractivity contribution in [3.8, 4) is 0 Å². The molecule has 2 N–H and O–H groups in total. The fourth-order valence-electron chi connectivity index (χ4n) is 1.96. The van der Waals surface area contributed by atoms with Crippen molar-refractivity contribution in [3.63, 3.8) is 0 Å². The summed E-state index contributed by atoms with van der Waals surface area (Å²) < 4.78 is 0. The van der Waals surface area contributed by atoms with Gasteiger partial charge in [0.15, 0.2) is 5.13 Å². The number of anilines is 2. The Morgan fingerprint density at radius 1 is 1.29 bits per heavy atom. The second kappa shape index (κ2) is 7.99. The lowest BCUT2D eigenvalue weighted by molar-refractivity contribution is 0.540. The lowest BCUT2D eigenvalue weighted by Crippen LogP contribution is -2.28. The molecule has 0 radical (unpaired) electrons. The Bertz CT molecular complexity index is 566. The van der Waals surface area contributed by atoms with Crippen LogP contribution in [0.25, 0.3) is 0 Å². The third kappa shape index (κ3) is 4.85. The molecule has 6 heteroatoms. The summed E-state index contributed by atoms with van der Waals surface area (Å²) in [6.45, 7) is 5.37. The Balaban J connectivity index is 2.00. The van der Waals surface area contributed by atoms with Gasteiger partial charge in [-0.25, -0.2) is 4.98 Å². The second-order valence-corrected chi connectivity index (χ2v) is 6.60. The van der Waals surface area contributed by atoms with E-state index in [1.807, 2.05) is 6.07 Å². The van der Waals surface area contributed by atoms with E-state index in [0.717, 1.165) is 30.2 Å². The fourth-order valence-corrected chi connectivity index (χ4v) is 3.18. The summed E-state index contributed by atoms with van der Waals surface area (Å²) in [4.78, 5) is 4.59. The molecule has 0 amide bonds. The molecule has 2 rings (SSSR count). The van der Waals surface area contributed by atoms with Gasteiger partial charge in [0.1, 0.15) is 0 Å². The van der Waals surface area contributed by atoms with Gasteiger partial charge in [-0.1, -0.05) is 36.2 Å². The van der Waals surface area contributed by atoms with Gasteiger partial charge in [0.05, 0.1) is 21.4 Å². The van der Waals surface area contributed by atoms with Crippen molar-refractivity contribution in [2.75, 3.05) is 11.9 Å². The molecule has 21 heavy (non-hydrogen) atoms. The molecule has 3 nitrogen and oxygen atoms in total. The van der Waals surface area contributed by atoms with E-state index in [4.69, 9.17) is 23.2 Å². The molecule has 1 unspecified atom stereocenters. The highest BCUT2D eigenvalue weighted by atomic mass is 35.5. The molecular formula is C15H19Cl2N3S. The summed E-state index contributed by atoms with van der Waals surface area (Å²) in [5.74, 6) is 0. The van der Waals surface area contributed by atoms with E-state index in [9.17, 15) is 0 Å². The number of thiazole rings is 1. The number of halogens is 2. The van der Waals surface area contributed by atoms with E-state index in [0.29, 0.717) is 21.8 Å². The van der Waals surface area contributed by atoms with Crippen molar-refractivity contribution in [1.82, 2.24) is 10.3 Å². The SMILES string of the molecule is CCCNC(C)Cc1csc(Nc2c(Cl)cccc2Cl)n1. The number of nitrogens with zero attached hydrogens (tertiary/aromatic N) is 1. The first-order valence-electron chi connectivity index (χ1n) is 6.99. The van der Waals surface area contributed by atoms with E-state index >= 15 is 0 Å². The average Bonchev–Trinajstić information content (AvgIpc) is 2.88. The first-order chi connectivity index (χ1) is 10.1. The number of para-hydroxylation sites is 1. The van der Waals surface area contributed by atoms with Crippen LogP contribution < -0.4 is 10.6 Å². The first-order valence-corrected chi connectivity index (χ1v) is 8.62. The minimum Gasteiger partial charge on any atom is -0.329 e. The van der Waals surface area contributed by atoms with Crippen LogP contribution in [0.15, 0.2) is 23.6 Å². The smallest absolute Gasteiger partial charge is 0.187 e. The van der Waals surface area contributed by atoms with Gasteiger partial charge in [-0.15, -0.1) is 11.3 Å². The van der Waals surface area contributed by atoms with E-state index < -0.39 is 0 Å². The quantitative estimate of drug-likeness (QED) is 0.732. The van der Waals surface area contributed by atoms with Crippen LogP contribution in [-0.2, 0) is 6.42 Å². The van der Waals surface area contributed by atoms with Crippen molar-refractivity contribution in [2.24, 2.45) is 0 Å². The lowest BCUT2D eigenvalue weighted by Gasteiger charge is -2.11. The monoisotopic (exact) mass is 343 g/mol. The van der Waals surface area contributed by atoms with Crippen LogP contribution in [-0.4, -0.2) is 17.6 Å². The van der Waals surface area contributed by atoms with Crippen molar-refractivity contribution in [3.05, 3.63) is 39.3 Å². The standard InChI is InChI=1S/C15H19Cl2N3S/c1-3-7-18-10(2)8-11-9-21-15(19-11)20-14-12(16)5-4-6-13(14)17/h4-6,9-10,18H,3,7-8H2,1-2H3,(H,19,20). The minimum absolute atomic E-state index is 0.420. The van der Waals surface area contributed by atoms with Crippen LogP contribution >= 0.6 is 34.5 Å². The number of hydrogen-bond acceptors (Lipinski definition) is 4. The van der Waals surface area contributed by atoms with E-state index in [-0.39, 0.29) is 0 Å². The van der Waals surface area contributed by atoms with Gasteiger partial charge in [-0.05, 0) is 32.0 Å². The van der Waals surface area contributed by atoms with Crippen LogP contribution in [0.5, 0.6) is 0 Å². The van der Waals surface area contributed by atoms with Gasteiger partial charge in [0.25, 0.3) is 0 Å². The Morgan fingerprint density at radius 2 is 2.00 bits per heavy atom. The van der Waals surface area contributed by atoms with Gasteiger partial charge in [0, 0.05) is 17.8 Å². The summed E-state index contributed by atoms with van der Waals surface area (Å²) in [6.07, 6.45) is 2.05. The third-order valence-electron chi connectivity index (χ3n) is 3.00. The van der Waals surface area contributed by atoms with Gasteiger partial charge >= 0.3 is 0 Å². The van der Waals surface area contributed by atoms with Gasteiger partial charge in [-0.3, -0.25) is 0 Å². The Labute approximate surface area is 139 Å². The summed E-state index contributed by atoms with van der Waals surface area (Å²) >= 11 is 13.9. The van der Waals surface area contributed by atoms with Crippen molar-refractivity contribution in [1.29, 1.82) is 0 Å². The van der Waals surface area contributed by atoms with Crippen molar-refractivity contribution >= 4 is 45.4 Å². The zero-order valence-electron chi connectivity index (χ0n) is 12.1. The maximum atomic E-state index is 6.15. The third-order valence-corrected chi connectivity index (χ3v) is 4.44. The van der Waals surface area contributed by atoms with Crippen LogP contribution in [0, 0.1) is 0 Å². The second-order valence-electron chi connectivity index (χ2n) is 4.92. The molecule has 0 saturated carbocycles. The summed E-state index contributed by atoms with van der Waals surface area (Å²) in [5, 5.41) is 10.7. The van der Waals surface area contributed by atoms with Gasteiger partial charge in [0.2, 0.25) is 0 Å². The molecule has 0 aliphatic rings. The normalized spacial score (nSPS) is 12.4. The zero-order valence-corrected chi connectivity index (χ0v) is 14.4. The summed E-state index contributed by atoms with van der Waals surface area (Å²) in [5.41, 5.74) is 1.78. The molecule has 114 valence electrons. The maximum Gasteiger partial charge on any atom is 0.187 e. The molecular weight excluding hydrogens is 325 g/mol. The Hall–Kier alpha value is -0.810. The number of nitrogens with one attached hydrogen (secondary N) is 2.